The van der Waals surface area contributed by atoms with Crippen LogP contribution in [0.4, 0.5) is 4.79 Å². The number of ether oxygens (including phenoxy) is 1. The van der Waals surface area contributed by atoms with Gasteiger partial charge in [-0.3, -0.25) is 9.69 Å². The zero-order chi connectivity index (χ0) is 18.8. The molecule has 0 spiro atoms. The van der Waals surface area contributed by atoms with Gasteiger partial charge in [-0.25, -0.2) is 4.79 Å². The number of carbonyl (C=O) groups excluding carboxylic acids is 1. The van der Waals surface area contributed by atoms with E-state index in [0.29, 0.717) is 29.7 Å². The van der Waals surface area contributed by atoms with Gasteiger partial charge in [-0.05, 0) is 38.5 Å². The summed E-state index contributed by atoms with van der Waals surface area (Å²) in [6, 6.07) is 4.42. The maximum Gasteiger partial charge on any atom is 0.410 e. The Hall–Kier alpha value is -1.50. The summed E-state index contributed by atoms with van der Waals surface area (Å²) in [7, 11) is 0. The molecule has 1 amide bonds. The largest absolute Gasteiger partial charge is 0.480 e. The number of hydrogen-bond donors (Lipinski definition) is 1. The fourth-order valence-corrected chi connectivity index (χ4v) is 2.93. The van der Waals surface area contributed by atoms with E-state index in [-0.39, 0.29) is 6.54 Å². The van der Waals surface area contributed by atoms with Crippen LogP contribution in [-0.4, -0.2) is 58.2 Å². The number of piperazine rings is 1. The molecule has 1 heterocycles. The number of rotatable bonds is 3. The van der Waals surface area contributed by atoms with Crippen molar-refractivity contribution in [2.75, 3.05) is 19.6 Å². The number of carboxylic acid groups (broad SMARTS) is 1. The number of nitrogens with zero attached hydrogens (tertiary/aromatic N) is 2. The van der Waals surface area contributed by atoms with Crippen LogP contribution in [0.5, 0.6) is 0 Å². The van der Waals surface area contributed by atoms with Gasteiger partial charge in [0, 0.05) is 19.6 Å². The Morgan fingerprint density at radius 3 is 2.48 bits per heavy atom. The monoisotopic (exact) mass is 388 g/mol. The van der Waals surface area contributed by atoms with Crippen LogP contribution in [0.15, 0.2) is 18.2 Å². The second kappa shape index (κ2) is 7.81. The summed E-state index contributed by atoms with van der Waals surface area (Å²) in [6.45, 7) is 6.65. The lowest BCUT2D eigenvalue weighted by atomic mass is 10.1. The van der Waals surface area contributed by atoms with E-state index in [1.807, 2.05) is 11.0 Å². The van der Waals surface area contributed by atoms with Gasteiger partial charge in [-0.2, -0.15) is 0 Å². The number of carbonyl (C=O) groups is 2. The molecule has 0 unspecified atom stereocenters. The molecule has 0 bridgehead atoms. The molecule has 1 aromatic carbocycles. The van der Waals surface area contributed by atoms with E-state index >= 15 is 0 Å². The summed E-state index contributed by atoms with van der Waals surface area (Å²) >= 11 is 11.9. The summed E-state index contributed by atoms with van der Waals surface area (Å²) in [5.74, 6) is -0.978. The number of hydrogen-bond acceptors (Lipinski definition) is 4. The molecule has 1 aliphatic heterocycles. The molecule has 1 fully saturated rings. The minimum atomic E-state index is -0.978. The Labute approximate surface area is 157 Å². The molecule has 8 heteroatoms. The second-order valence-electron chi connectivity index (χ2n) is 7.00. The van der Waals surface area contributed by atoms with E-state index in [9.17, 15) is 14.7 Å². The molecule has 1 saturated heterocycles. The average molecular weight is 389 g/mol. The highest BCUT2D eigenvalue weighted by atomic mass is 35.5. The first kappa shape index (κ1) is 19.8. The van der Waals surface area contributed by atoms with Crippen LogP contribution in [-0.2, 0) is 16.1 Å². The third-order valence-electron chi connectivity index (χ3n) is 3.80. The van der Waals surface area contributed by atoms with Gasteiger partial charge in [0.15, 0.2) is 0 Å². The fourth-order valence-electron chi connectivity index (χ4n) is 2.61. The van der Waals surface area contributed by atoms with E-state index in [1.54, 1.807) is 32.9 Å². The summed E-state index contributed by atoms with van der Waals surface area (Å²) in [5.41, 5.74) is 0.249. The van der Waals surface area contributed by atoms with Gasteiger partial charge >= 0.3 is 12.1 Å². The van der Waals surface area contributed by atoms with Crippen LogP contribution in [0.1, 0.15) is 26.3 Å². The quantitative estimate of drug-likeness (QED) is 0.857. The molecular formula is C17H22Cl2N2O4. The lowest BCUT2D eigenvalue weighted by Gasteiger charge is -2.39. The Balaban J connectivity index is 2.07. The van der Waals surface area contributed by atoms with Gasteiger partial charge in [-0.1, -0.05) is 29.3 Å². The molecule has 2 rings (SSSR count). The lowest BCUT2D eigenvalue weighted by Crippen LogP contribution is -2.57. The third-order valence-corrected chi connectivity index (χ3v) is 4.54. The number of carboxylic acids is 1. The Bertz CT molecular complexity index is 661. The third kappa shape index (κ3) is 5.49. The van der Waals surface area contributed by atoms with E-state index < -0.39 is 23.7 Å². The Kier molecular flexibility index (Phi) is 6.19. The lowest BCUT2D eigenvalue weighted by molar-refractivity contribution is -0.145. The van der Waals surface area contributed by atoms with Crippen LogP contribution in [0.2, 0.25) is 10.0 Å². The van der Waals surface area contributed by atoms with Crippen molar-refractivity contribution in [1.82, 2.24) is 9.80 Å². The molecule has 0 aliphatic carbocycles. The molecule has 1 aromatic rings. The number of halogens is 2. The first-order valence-electron chi connectivity index (χ1n) is 7.95. The second-order valence-corrected chi connectivity index (χ2v) is 7.81. The first-order valence-corrected chi connectivity index (χ1v) is 8.71. The molecule has 138 valence electrons. The van der Waals surface area contributed by atoms with Crippen molar-refractivity contribution in [2.24, 2.45) is 0 Å². The summed E-state index contributed by atoms with van der Waals surface area (Å²) < 4.78 is 5.33. The van der Waals surface area contributed by atoms with Gasteiger partial charge in [0.2, 0.25) is 0 Å². The standard InChI is InChI=1S/C17H22Cl2N2O4/c1-17(2,3)25-16(24)21-7-6-20(14(10-21)15(22)23)9-11-4-5-12(18)13(19)8-11/h4-5,8,14H,6-7,9-10H2,1-3H3,(H,22,23)/t14-/m0/s1. The molecule has 0 aromatic heterocycles. The van der Waals surface area contributed by atoms with Crippen LogP contribution in [0.25, 0.3) is 0 Å². The number of aliphatic carboxylic acids is 1. The molecule has 0 radical (unpaired) electrons. The summed E-state index contributed by atoms with van der Waals surface area (Å²) in [4.78, 5) is 27.1. The zero-order valence-corrected chi connectivity index (χ0v) is 16.0. The molecule has 25 heavy (non-hydrogen) atoms. The Morgan fingerprint density at radius 2 is 1.92 bits per heavy atom. The predicted molar refractivity (Wildman–Crippen MR) is 96.1 cm³/mol. The topological polar surface area (TPSA) is 70.1 Å². The van der Waals surface area contributed by atoms with Gasteiger partial charge in [0.25, 0.3) is 0 Å². The highest BCUT2D eigenvalue weighted by Crippen LogP contribution is 2.24. The average Bonchev–Trinajstić information content (AvgIpc) is 2.49. The van der Waals surface area contributed by atoms with Crippen molar-refractivity contribution < 1.29 is 19.4 Å². The highest BCUT2D eigenvalue weighted by Gasteiger charge is 2.35. The summed E-state index contributed by atoms with van der Waals surface area (Å²) in [5, 5.41) is 10.4. The first-order chi connectivity index (χ1) is 11.6. The van der Waals surface area contributed by atoms with E-state index in [1.165, 1.54) is 4.90 Å². The molecule has 1 atom stereocenters. The van der Waals surface area contributed by atoms with Crippen molar-refractivity contribution >= 4 is 35.3 Å². The van der Waals surface area contributed by atoms with Crippen LogP contribution >= 0.6 is 23.2 Å². The molecule has 1 aliphatic rings. The molecule has 0 saturated carbocycles. The maximum absolute atomic E-state index is 12.2. The van der Waals surface area contributed by atoms with E-state index in [0.717, 1.165) is 5.56 Å². The van der Waals surface area contributed by atoms with Crippen LogP contribution in [0.3, 0.4) is 0 Å². The van der Waals surface area contributed by atoms with Crippen molar-refractivity contribution in [3.63, 3.8) is 0 Å². The predicted octanol–water partition coefficient (Wildman–Crippen LogP) is 3.50. The SMILES string of the molecule is CC(C)(C)OC(=O)N1CCN(Cc2ccc(Cl)c(Cl)c2)[C@H](C(=O)O)C1. The minimum absolute atomic E-state index is 0.0750. The van der Waals surface area contributed by atoms with Gasteiger partial charge in [0.05, 0.1) is 16.6 Å². The van der Waals surface area contributed by atoms with Gasteiger partial charge in [0.1, 0.15) is 11.6 Å². The maximum atomic E-state index is 12.2. The van der Waals surface area contributed by atoms with Gasteiger partial charge < -0.3 is 14.7 Å². The fraction of sp³-hybridized carbons (Fsp3) is 0.529. The van der Waals surface area contributed by atoms with Crippen molar-refractivity contribution in [3.8, 4) is 0 Å². The van der Waals surface area contributed by atoms with Crippen molar-refractivity contribution in [1.29, 1.82) is 0 Å². The van der Waals surface area contributed by atoms with E-state index in [2.05, 4.69) is 0 Å². The van der Waals surface area contributed by atoms with Crippen molar-refractivity contribution in [2.45, 2.75) is 39.0 Å². The van der Waals surface area contributed by atoms with Crippen LogP contribution in [0, 0.1) is 0 Å². The molecule has 1 N–H and O–H groups in total. The minimum Gasteiger partial charge on any atom is -0.480 e. The van der Waals surface area contributed by atoms with E-state index in [4.69, 9.17) is 27.9 Å². The van der Waals surface area contributed by atoms with Gasteiger partial charge in [-0.15, -0.1) is 0 Å². The number of amides is 1. The van der Waals surface area contributed by atoms with Crippen LogP contribution < -0.4 is 0 Å². The molecular weight excluding hydrogens is 367 g/mol. The molecule has 6 nitrogen and oxygen atoms in total. The normalized spacial score (nSPS) is 18.9. The number of benzene rings is 1. The smallest absolute Gasteiger partial charge is 0.410 e. The Morgan fingerprint density at radius 1 is 1.24 bits per heavy atom. The summed E-state index contributed by atoms with van der Waals surface area (Å²) in [6.07, 6.45) is -0.493. The zero-order valence-electron chi connectivity index (χ0n) is 14.5. The van der Waals surface area contributed by atoms with Crippen molar-refractivity contribution in [3.05, 3.63) is 33.8 Å². The highest BCUT2D eigenvalue weighted by molar-refractivity contribution is 6.42.